The number of hydrogen-bond donors (Lipinski definition) is 1. The van der Waals surface area contributed by atoms with Crippen LogP contribution < -0.4 is 0 Å². The number of benzene rings is 1. The lowest BCUT2D eigenvalue weighted by Gasteiger charge is -2.34. The Hall–Kier alpha value is -2.20. The summed E-state index contributed by atoms with van der Waals surface area (Å²) in [6.07, 6.45) is 9.30. The van der Waals surface area contributed by atoms with Gasteiger partial charge >= 0.3 is 0 Å². The summed E-state index contributed by atoms with van der Waals surface area (Å²) in [5.41, 5.74) is 4.89. The Morgan fingerprint density at radius 2 is 2.08 bits per heavy atom. The summed E-state index contributed by atoms with van der Waals surface area (Å²) in [5.74, 6) is 1.06. The summed E-state index contributed by atoms with van der Waals surface area (Å²) in [5, 5.41) is 0. The molecule has 4 rings (SSSR count). The molecule has 0 saturated carbocycles. The Labute approximate surface area is 155 Å². The minimum atomic E-state index is 0.407. The minimum Gasteiger partial charge on any atom is -0.341 e. The number of hydrogen-bond acceptors (Lipinski definition) is 3. The summed E-state index contributed by atoms with van der Waals surface area (Å²) in [4.78, 5) is 15.7. The number of aromatic nitrogens is 3. The zero-order valence-corrected chi connectivity index (χ0v) is 15.6. The van der Waals surface area contributed by atoms with Crippen LogP contribution in [-0.4, -0.2) is 26.4 Å². The van der Waals surface area contributed by atoms with Crippen LogP contribution >= 0.6 is 0 Å². The molecule has 0 amide bonds. The standard InChI is InChI=1S/C22H28N4/c1-2-3-6-15-26(16-21-24-18-11-4-5-12-19(18)25-21)20-13-7-9-17-10-8-14-23-22(17)20/h4-5,8,10-12,14,20H,2-3,6-7,9,13,15-16H2,1H3,(H,24,25). The van der Waals surface area contributed by atoms with E-state index in [1.807, 2.05) is 12.3 Å². The van der Waals surface area contributed by atoms with Crippen molar-refractivity contribution in [2.24, 2.45) is 0 Å². The van der Waals surface area contributed by atoms with Gasteiger partial charge in [-0.2, -0.15) is 0 Å². The van der Waals surface area contributed by atoms with E-state index in [0.29, 0.717) is 6.04 Å². The molecule has 136 valence electrons. The average Bonchev–Trinajstić information content (AvgIpc) is 3.09. The fraction of sp³-hybridized carbons (Fsp3) is 0.455. The number of para-hydroxylation sites is 2. The molecule has 26 heavy (non-hydrogen) atoms. The van der Waals surface area contributed by atoms with Crippen LogP contribution in [0.15, 0.2) is 42.6 Å². The van der Waals surface area contributed by atoms with Gasteiger partial charge in [0.25, 0.3) is 0 Å². The van der Waals surface area contributed by atoms with Crippen molar-refractivity contribution in [3.63, 3.8) is 0 Å². The number of aryl methyl sites for hydroxylation is 1. The Balaban J connectivity index is 1.60. The first-order valence-corrected chi connectivity index (χ1v) is 9.96. The van der Waals surface area contributed by atoms with Gasteiger partial charge < -0.3 is 4.98 Å². The largest absolute Gasteiger partial charge is 0.341 e. The molecule has 4 heteroatoms. The van der Waals surface area contributed by atoms with E-state index in [4.69, 9.17) is 9.97 Å². The average molecular weight is 348 g/mol. The van der Waals surface area contributed by atoms with E-state index in [9.17, 15) is 0 Å². The molecule has 0 radical (unpaired) electrons. The molecule has 0 fully saturated rings. The van der Waals surface area contributed by atoms with Gasteiger partial charge in [-0.25, -0.2) is 4.98 Å². The lowest BCUT2D eigenvalue weighted by atomic mass is 9.90. The predicted molar refractivity (Wildman–Crippen MR) is 106 cm³/mol. The Morgan fingerprint density at radius 1 is 1.15 bits per heavy atom. The second-order valence-electron chi connectivity index (χ2n) is 7.33. The normalized spacial score (nSPS) is 16.9. The van der Waals surface area contributed by atoms with E-state index in [-0.39, 0.29) is 0 Å². The first-order chi connectivity index (χ1) is 12.8. The number of aromatic amines is 1. The van der Waals surface area contributed by atoms with E-state index < -0.39 is 0 Å². The van der Waals surface area contributed by atoms with Gasteiger partial charge in [0.2, 0.25) is 0 Å². The fourth-order valence-electron chi connectivity index (χ4n) is 4.12. The number of imidazole rings is 1. The third-order valence-corrected chi connectivity index (χ3v) is 5.45. The van der Waals surface area contributed by atoms with Crippen molar-refractivity contribution in [2.75, 3.05) is 6.54 Å². The van der Waals surface area contributed by atoms with Gasteiger partial charge in [-0.1, -0.05) is 38.0 Å². The van der Waals surface area contributed by atoms with Crippen molar-refractivity contribution in [3.05, 3.63) is 59.7 Å². The molecule has 2 heterocycles. The molecule has 1 unspecified atom stereocenters. The summed E-state index contributed by atoms with van der Waals surface area (Å²) in [6, 6.07) is 13.0. The van der Waals surface area contributed by atoms with Gasteiger partial charge in [0.05, 0.1) is 29.3 Å². The molecule has 0 aliphatic heterocycles. The van der Waals surface area contributed by atoms with E-state index in [0.717, 1.165) is 36.4 Å². The molecule has 1 aliphatic carbocycles. The Bertz CT molecular complexity index is 821. The molecule has 1 atom stereocenters. The molecule has 4 nitrogen and oxygen atoms in total. The van der Waals surface area contributed by atoms with Crippen LogP contribution in [0.4, 0.5) is 0 Å². The van der Waals surface area contributed by atoms with Crippen LogP contribution in [0.3, 0.4) is 0 Å². The molecule has 0 bridgehead atoms. The Kier molecular flexibility index (Phi) is 5.30. The minimum absolute atomic E-state index is 0.407. The third-order valence-electron chi connectivity index (χ3n) is 5.45. The molecule has 0 spiro atoms. The molecular weight excluding hydrogens is 320 g/mol. The highest BCUT2D eigenvalue weighted by Gasteiger charge is 2.27. The highest BCUT2D eigenvalue weighted by molar-refractivity contribution is 5.74. The van der Waals surface area contributed by atoms with Crippen molar-refractivity contribution in [1.82, 2.24) is 19.9 Å². The molecule has 1 aromatic carbocycles. The number of fused-ring (bicyclic) bond motifs is 2. The number of unbranched alkanes of at least 4 members (excludes halogenated alkanes) is 2. The molecule has 1 N–H and O–H groups in total. The first-order valence-electron chi connectivity index (χ1n) is 9.96. The number of rotatable bonds is 7. The Morgan fingerprint density at radius 3 is 2.96 bits per heavy atom. The zero-order chi connectivity index (χ0) is 17.8. The van der Waals surface area contributed by atoms with Gasteiger partial charge in [0.1, 0.15) is 5.82 Å². The fourth-order valence-corrected chi connectivity index (χ4v) is 4.12. The number of H-pyrrole nitrogens is 1. The van der Waals surface area contributed by atoms with Crippen molar-refractivity contribution in [2.45, 2.75) is 58.0 Å². The van der Waals surface area contributed by atoms with Gasteiger partial charge in [0.15, 0.2) is 0 Å². The van der Waals surface area contributed by atoms with Crippen LogP contribution in [-0.2, 0) is 13.0 Å². The van der Waals surface area contributed by atoms with E-state index in [1.165, 1.54) is 43.4 Å². The van der Waals surface area contributed by atoms with E-state index >= 15 is 0 Å². The van der Waals surface area contributed by atoms with Gasteiger partial charge in [-0.05, 0) is 56.0 Å². The summed E-state index contributed by atoms with van der Waals surface area (Å²) >= 11 is 0. The zero-order valence-electron chi connectivity index (χ0n) is 15.6. The van der Waals surface area contributed by atoms with Crippen LogP contribution in [0, 0.1) is 0 Å². The van der Waals surface area contributed by atoms with Crippen molar-refractivity contribution in [3.8, 4) is 0 Å². The maximum absolute atomic E-state index is 4.81. The predicted octanol–water partition coefficient (Wildman–Crippen LogP) is 5.03. The maximum Gasteiger partial charge on any atom is 0.121 e. The third kappa shape index (κ3) is 3.65. The van der Waals surface area contributed by atoms with Crippen LogP contribution in [0.2, 0.25) is 0 Å². The molecule has 2 aromatic heterocycles. The van der Waals surface area contributed by atoms with Crippen molar-refractivity contribution >= 4 is 11.0 Å². The SMILES string of the molecule is CCCCCN(Cc1nc2ccccc2[nH]1)C1CCCc2cccnc21. The highest BCUT2D eigenvalue weighted by atomic mass is 15.2. The van der Waals surface area contributed by atoms with Crippen molar-refractivity contribution < 1.29 is 0 Å². The molecule has 0 saturated heterocycles. The van der Waals surface area contributed by atoms with Crippen LogP contribution in [0.5, 0.6) is 0 Å². The topological polar surface area (TPSA) is 44.8 Å². The van der Waals surface area contributed by atoms with Crippen LogP contribution in [0.1, 0.15) is 62.2 Å². The van der Waals surface area contributed by atoms with Gasteiger partial charge in [-0.15, -0.1) is 0 Å². The molecular formula is C22H28N4. The lowest BCUT2D eigenvalue weighted by Crippen LogP contribution is -2.33. The number of nitrogens with zero attached hydrogens (tertiary/aromatic N) is 3. The lowest BCUT2D eigenvalue weighted by molar-refractivity contribution is 0.159. The van der Waals surface area contributed by atoms with Crippen LogP contribution in [0.25, 0.3) is 11.0 Å². The second-order valence-corrected chi connectivity index (χ2v) is 7.33. The number of pyridine rings is 1. The number of nitrogens with one attached hydrogen (secondary N) is 1. The molecule has 3 aromatic rings. The monoisotopic (exact) mass is 348 g/mol. The first kappa shape index (κ1) is 17.2. The van der Waals surface area contributed by atoms with Gasteiger partial charge in [-0.3, -0.25) is 9.88 Å². The van der Waals surface area contributed by atoms with E-state index in [1.54, 1.807) is 0 Å². The maximum atomic E-state index is 4.81. The van der Waals surface area contributed by atoms with E-state index in [2.05, 4.69) is 47.1 Å². The summed E-state index contributed by atoms with van der Waals surface area (Å²) in [7, 11) is 0. The summed E-state index contributed by atoms with van der Waals surface area (Å²) in [6.45, 7) is 4.23. The van der Waals surface area contributed by atoms with Crippen molar-refractivity contribution in [1.29, 1.82) is 0 Å². The second kappa shape index (κ2) is 8.00. The summed E-state index contributed by atoms with van der Waals surface area (Å²) < 4.78 is 0. The quantitative estimate of drug-likeness (QED) is 0.609. The highest BCUT2D eigenvalue weighted by Crippen LogP contribution is 2.33. The molecule has 1 aliphatic rings. The van der Waals surface area contributed by atoms with Gasteiger partial charge in [0, 0.05) is 6.20 Å². The smallest absolute Gasteiger partial charge is 0.121 e.